The Morgan fingerprint density at radius 3 is 2.26 bits per heavy atom. The molecule has 232 valence electrons. The fraction of sp³-hybridized carbons (Fsp3) is 0.0857. The van der Waals surface area contributed by atoms with Crippen LogP contribution >= 0.6 is 46.3 Å². The Labute approximate surface area is 285 Å². The standard InChI is InChI=1S/C35H28Cl2N4O3S2/c1-21-14-16-23(17-15-21)32-22(2)46-35(41-32)40-31(42)20-45-26-11-6-10-25(18-26)38-34(44)30(19-27-28(36)12-7-13-29(27)37)39-33(43)24-8-4-3-5-9-24/h3-19H,20H2,1-2H3,(H,38,44)(H,39,43)(H,40,41,42)/b30-19+. The maximum Gasteiger partial charge on any atom is 0.272 e. The predicted molar refractivity (Wildman–Crippen MR) is 190 cm³/mol. The summed E-state index contributed by atoms with van der Waals surface area (Å²) in [6.45, 7) is 4.01. The van der Waals surface area contributed by atoms with E-state index in [-0.39, 0.29) is 17.4 Å². The van der Waals surface area contributed by atoms with Crippen molar-refractivity contribution < 1.29 is 14.4 Å². The van der Waals surface area contributed by atoms with Gasteiger partial charge < -0.3 is 16.0 Å². The maximum atomic E-state index is 13.5. The number of carbonyl (C=O) groups is 3. The number of amides is 3. The van der Waals surface area contributed by atoms with E-state index < -0.39 is 11.8 Å². The topological polar surface area (TPSA) is 100 Å². The molecule has 5 aromatic rings. The maximum absolute atomic E-state index is 13.5. The molecule has 0 aliphatic carbocycles. The van der Waals surface area contributed by atoms with Crippen LogP contribution in [0.3, 0.4) is 0 Å². The molecule has 0 atom stereocenters. The number of rotatable bonds is 10. The highest BCUT2D eigenvalue weighted by Crippen LogP contribution is 2.31. The van der Waals surface area contributed by atoms with E-state index in [0.29, 0.717) is 32.0 Å². The number of hydrogen-bond donors (Lipinski definition) is 3. The van der Waals surface area contributed by atoms with Gasteiger partial charge in [0.2, 0.25) is 5.91 Å². The van der Waals surface area contributed by atoms with E-state index in [1.807, 2.05) is 44.2 Å². The number of carbonyl (C=O) groups excluding carboxylic acids is 3. The third-order valence-electron chi connectivity index (χ3n) is 6.65. The Kier molecular flexibility index (Phi) is 10.9. The van der Waals surface area contributed by atoms with Crippen LogP contribution in [0, 0.1) is 13.8 Å². The quantitative estimate of drug-likeness (QED) is 0.101. The van der Waals surface area contributed by atoms with Gasteiger partial charge in [-0.15, -0.1) is 23.1 Å². The largest absolute Gasteiger partial charge is 0.321 e. The van der Waals surface area contributed by atoms with Gasteiger partial charge in [0.25, 0.3) is 11.8 Å². The zero-order chi connectivity index (χ0) is 32.6. The van der Waals surface area contributed by atoms with Crippen LogP contribution in [0.4, 0.5) is 10.8 Å². The summed E-state index contributed by atoms with van der Waals surface area (Å²) in [6, 6.07) is 28.7. The molecule has 0 bridgehead atoms. The van der Waals surface area contributed by atoms with Gasteiger partial charge in [-0.05, 0) is 62.4 Å². The minimum atomic E-state index is -0.580. The Hall–Kier alpha value is -4.41. The van der Waals surface area contributed by atoms with Crippen LogP contribution in [0.1, 0.15) is 26.4 Å². The number of thiazole rings is 1. The van der Waals surface area contributed by atoms with Crippen molar-refractivity contribution in [2.75, 3.05) is 16.4 Å². The number of nitrogens with one attached hydrogen (secondary N) is 3. The molecule has 0 unspecified atom stereocenters. The monoisotopic (exact) mass is 686 g/mol. The van der Waals surface area contributed by atoms with Crippen molar-refractivity contribution >= 4 is 80.9 Å². The predicted octanol–water partition coefficient (Wildman–Crippen LogP) is 8.87. The average molecular weight is 688 g/mol. The van der Waals surface area contributed by atoms with E-state index in [1.165, 1.54) is 34.7 Å². The molecule has 1 heterocycles. The highest BCUT2D eigenvalue weighted by atomic mass is 35.5. The summed E-state index contributed by atoms with van der Waals surface area (Å²) < 4.78 is 0. The van der Waals surface area contributed by atoms with Crippen molar-refractivity contribution in [1.29, 1.82) is 0 Å². The second-order valence-corrected chi connectivity index (χ2v) is 13.2. The molecule has 3 amide bonds. The molecule has 5 rings (SSSR count). The SMILES string of the molecule is Cc1ccc(-c2nc(NC(=O)CSc3cccc(NC(=O)/C(=C\c4c(Cl)cccc4Cl)NC(=O)c4ccccc4)c3)sc2C)cc1. The van der Waals surface area contributed by atoms with Crippen LogP contribution in [0.2, 0.25) is 10.0 Å². The number of halogens is 2. The van der Waals surface area contributed by atoms with Crippen molar-refractivity contribution in [2.24, 2.45) is 0 Å². The minimum absolute atomic E-state index is 0.0509. The van der Waals surface area contributed by atoms with Gasteiger partial charge in [-0.1, -0.05) is 83.4 Å². The molecule has 1 aromatic heterocycles. The molecule has 0 saturated heterocycles. The molecule has 0 aliphatic heterocycles. The first kappa shape index (κ1) is 33.0. The minimum Gasteiger partial charge on any atom is -0.321 e. The number of nitrogens with zero attached hydrogens (tertiary/aromatic N) is 1. The normalized spacial score (nSPS) is 11.2. The van der Waals surface area contributed by atoms with Crippen molar-refractivity contribution in [3.63, 3.8) is 0 Å². The van der Waals surface area contributed by atoms with Gasteiger partial charge in [0.05, 0.1) is 11.4 Å². The molecule has 0 radical (unpaired) electrons. The number of benzene rings is 4. The third-order valence-corrected chi connectivity index (χ3v) is 9.19. The summed E-state index contributed by atoms with van der Waals surface area (Å²) >= 11 is 15.5. The van der Waals surface area contributed by atoms with Crippen LogP contribution < -0.4 is 16.0 Å². The van der Waals surface area contributed by atoms with Crippen LogP contribution in [0.5, 0.6) is 0 Å². The van der Waals surface area contributed by atoms with Crippen molar-refractivity contribution in [2.45, 2.75) is 18.7 Å². The molecule has 0 saturated carbocycles. The molecular weight excluding hydrogens is 659 g/mol. The van der Waals surface area contributed by atoms with Gasteiger partial charge in [-0.3, -0.25) is 14.4 Å². The molecule has 0 fully saturated rings. The lowest BCUT2D eigenvalue weighted by molar-refractivity contribution is -0.114. The average Bonchev–Trinajstić information content (AvgIpc) is 3.41. The zero-order valence-corrected chi connectivity index (χ0v) is 27.9. The Bertz CT molecular complexity index is 1910. The van der Waals surface area contributed by atoms with Crippen molar-refractivity contribution in [1.82, 2.24) is 10.3 Å². The zero-order valence-electron chi connectivity index (χ0n) is 24.8. The molecular formula is C35H28Cl2N4O3S2. The van der Waals surface area contributed by atoms with Crippen LogP contribution in [0.15, 0.2) is 108 Å². The number of aromatic nitrogens is 1. The van der Waals surface area contributed by atoms with Crippen LogP contribution in [-0.2, 0) is 9.59 Å². The van der Waals surface area contributed by atoms with E-state index in [2.05, 4.69) is 20.9 Å². The first-order chi connectivity index (χ1) is 22.2. The fourth-order valence-electron chi connectivity index (χ4n) is 4.33. The van der Waals surface area contributed by atoms with Crippen molar-refractivity contribution in [3.8, 4) is 11.3 Å². The smallest absolute Gasteiger partial charge is 0.272 e. The first-order valence-corrected chi connectivity index (χ1v) is 16.6. The van der Waals surface area contributed by atoms with Gasteiger partial charge in [-0.2, -0.15) is 0 Å². The van der Waals surface area contributed by atoms with Gasteiger partial charge >= 0.3 is 0 Å². The summed E-state index contributed by atoms with van der Waals surface area (Å²) in [5.74, 6) is -1.11. The number of hydrogen-bond acceptors (Lipinski definition) is 6. The van der Waals surface area contributed by atoms with E-state index in [1.54, 1.807) is 66.7 Å². The van der Waals surface area contributed by atoms with Crippen LogP contribution in [-0.4, -0.2) is 28.5 Å². The van der Waals surface area contributed by atoms with E-state index in [4.69, 9.17) is 23.2 Å². The van der Waals surface area contributed by atoms with Gasteiger partial charge in [0.1, 0.15) is 5.70 Å². The van der Waals surface area contributed by atoms with E-state index in [0.717, 1.165) is 21.0 Å². The van der Waals surface area contributed by atoms with Gasteiger partial charge in [0.15, 0.2) is 5.13 Å². The van der Waals surface area contributed by atoms with E-state index in [9.17, 15) is 14.4 Å². The summed E-state index contributed by atoms with van der Waals surface area (Å²) in [5.41, 5.74) is 4.20. The number of aryl methyl sites for hydroxylation is 2. The fourth-order valence-corrected chi connectivity index (χ4v) is 6.44. The molecule has 3 N–H and O–H groups in total. The summed E-state index contributed by atoms with van der Waals surface area (Å²) in [7, 11) is 0. The molecule has 4 aromatic carbocycles. The Morgan fingerprint density at radius 1 is 0.848 bits per heavy atom. The number of anilines is 2. The highest BCUT2D eigenvalue weighted by molar-refractivity contribution is 8.00. The molecule has 11 heteroatoms. The Morgan fingerprint density at radius 2 is 1.54 bits per heavy atom. The number of thioether (sulfide) groups is 1. The molecule has 7 nitrogen and oxygen atoms in total. The lowest BCUT2D eigenvalue weighted by Crippen LogP contribution is -2.30. The Balaban J connectivity index is 1.25. The highest BCUT2D eigenvalue weighted by Gasteiger charge is 2.17. The molecule has 0 aliphatic rings. The molecule has 0 spiro atoms. The second kappa shape index (κ2) is 15.2. The third kappa shape index (κ3) is 8.64. The molecule has 46 heavy (non-hydrogen) atoms. The summed E-state index contributed by atoms with van der Waals surface area (Å²) in [4.78, 5) is 45.6. The summed E-state index contributed by atoms with van der Waals surface area (Å²) in [5, 5.41) is 9.58. The van der Waals surface area contributed by atoms with Gasteiger partial charge in [0, 0.05) is 42.2 Å². The second-order valence-electron chi connectivity index (χ2n) is 10.1. The lowest BCUT2D eigenvalue weighted by atomic mass is 10.1. The van der Waals surface area contributed by atoms with Crippen LogP contribution in [0.25, 0.3) is 17.3 Å². The lowest BCUT2D eigenvalue weighted by Gasteiger charge is -2.13. The van der Waals surface area contributed by atoms with Crippen molar-refractivity contribution in [3.05, 3.63) is 134 Å². The van der Waals surface area contributed by atoms with E-state index >= 15 is 0 Å². The summed E-state index contributed by atoms with van der Waals surface area (Å²) in [6.07, 6.45) is 1.44. The first-order valence-electron chi connectivity index (χ1n) is 14.1. The van der Waals surface area contributed by atoms with Gasteiger partial charge in [-0.25, -0.2) is 4.98 Å².